The molecular formula is C15H22O. The summed E-state index contributed by atoms with van der Waals surface area (Å²) in [7, 11) is 0. The molecule has 0 N–H and O–H groups in total. The average molecular weight is 218 g/mol. The van der Waals surface area contributed by atoms with Crippen LogP contribution in [0.5, 0.6) is 0 Å². The van der Waals surface area contributed by atoms with Gasteiger partial charge in [0.2, 0.25) is 0 Å². The first-order chi connectivity index (χ1) is 7.54. The third-order valence-corrected chi connectivity index (χ3v) is 3.01. The van der Waals surface area contributed by atoms with Crippen molar-refractivity contribution in [2.24, 2.45) is 5.92 Å². The van der Waals surface area contributed by atoms with Crippen molar-refractivity contribution < 1.29 is 4.79 Å². The molecule has 0 amide bonds. The first-order valence-corrected chi connectivity index (χ1v) is 6.17. The molecule has 0 aromatic heterocycles. The molecule has 0 radical (unpaired) electrons. The Balaban J connectivity index is 2.74. The summed E-state index contributed by atoms with van der Waals surface area (Å²) in [5.74, 6) is 1.27. The van der Waals surface area contributed by atoms with E-state index >= 15 is 0 Å². The van der Waals surface area contributed by atoms with E-state index < -0.39 is 0 Å². The second-order valence-corrected chi connectivity index (χ2v) is 4.95. The highest BCUT2D eigenvalue weighted by atomic mass is 16.1. The van der Waals surface area contributed by atoms with Crippen molar-refractivity contribution in [2.75, 3.05) is 0 Å². The van der Waals surface area contributed by atoms with E-state index in [1.165, 1.54) is 5.56 Å². The van der Waals surface area contributed by atoms with Crippen LogP contribution in [-0.4, -0.2) is 5.78 Å². The van der Waals surface area contributed by atoms with Gasteiger partial charge in [0.25, 0.3) is 0 Å². The van der Waals surface area contributed by atoms with Gasteiger partial charge in [-0.15, -0.1) is 0 Å². The van der Waals surface area contributed by atoms with E-state index in [0.717, 1.165) is 12.0 Å². The van der Waals surface area contributed by atoms with Crippen LogP contribution in [0.15, 0.2) is 24.3 Å². The largest absolute Gasteiger partial charge is 0.294 e. The van der Waals surface area contributed by atoms with E-state index in [-0.39, 0.29) is 5.78 Å². The number of Topliss-reactive ketones (excluding diaryl/α,β-unsaturated/α-hetero) is 1. The van der Waals surface area contributed by atoms with Crippen LogP contribution in [0.3, 0.4) is 0 Å². The van der Waals surface area contributed by atoms with Crippen LogP contribution < -0.4 is 0 Å². The number of hydrogen-bond acceptors (Lipinski definition) is 1. The number of rotatable bonds is 5. The predicted molar refractivity (Wildman–Crippen MR) is 68.9 cm³/mol. The first-order valence-electron chi connectivity index (χ1n) is 6.17. The first kappa shape index (κ1) is 13.0. The van der Waals surface area contributed by atoms with Gasteiger partial charge in [0.15, 0.2) is 5.78 Å². The molecule has 1 nitrogen and oxygen atoms in total. The van der Waals surface area contributed by atoms with Crippen LogP contribution in [0.4, 0.5) is 0 Å². The molecule has 0 fully saturated rings. The molecule has 1 aromatic carbocycles. The summed E-state index contributed by atoms with van der Waals surface area (Å²) in [5.41, 5.74) is 2.17. The third-order valence-electron chi connectivity index (χ3n) is 3.01. The molecule has 1 unspecified atom stereocenters. The van der Waals surface area contributed by atoms with E-state index in [1.807, 2.05) is 12.1 Å². The Kier molecular flexibility index (Phi) is 4.72. The summed E-state index contributed by atoms with van der Waals surface area (Å²) in [4.78, 5) is 11.8. The Hall–Kier alpha value is -1.11. The summed E-state index contributed by atoms with van der Waals surface area (Å²) >= 11 is 0. The lowest BCUT2D eigenvalue weighted by Gasteiger charge is -2.10. The summed E-state index contributed by atoms with van der Waals surface area (Å²) < 4.78 is 0. The highest BCUT2D eigenvalue weighted by Gasteiger charge is 2.09. The lowest BCUT2D eigenvalue weighted by molar-refractivity contribution is 0.0968. The molecule has 88 valence electrons. The van der Waals surface area contributed by atoms with E-state index in [1.54, 1.807) is 0 Å². The van der Waals surface area contributed by atoms with Crippen molar-refractivity contribution in [3.05, 3.63) is 35.4 Å². The molecule has 1 rings (SSSR count). The normalized spacial score (nSPS) is 12.8. The SMILES string of the molecule is CCC(C)c1ccc(C(=O)CC(C)C)cc1. The van der Waals surface area contributed by atoms with Crippen molar-refractivity contribution in [2.45, 2.75) is 46.5 Å². The fraction of sp³-hybridized carbons (Fsp3) is 0.533. The molecule has 1 atom stereocenters. The molecule has 16 heavy (non-hydrogen) atoms. The van der Waals surface area contributed by atoms with Crippen LogP contribution in [-0.2, 0) is 0 Å². The zero-order chi connectivity index (χ0) is 12.1. The minimum Gasteiger partial charge on any atom is -0.294 e. The maximum absolute atomic E-state index is 11.8. The molecule has 0 saturated heterocycles. The molecule has 1 heteroatoms. The summed E-state index contributed by atoms with van der Waals surface area (Å²) in [6.45, 7) is 8.55. The van der Waals surface area contributed by atoms with E-state index in [0.29, 0.717) is 18.3 Å². The standard InChI is InChI=1S/C15H22O/c1-5-12(4)13-6-8-14(9-7-13)15(16)10-11(2)3/h6-9,11-12H,5,10H2,1-4H3. The Morgan fingerprint density at radius 1 is 1.12 bits per heavy atom. The van der Waals surface area contributed by atoms with Gasteiger partial charge in [-0.1, -0.05) is 52.0 Å². The van der Waals surface area contributed by atoms with Gasteiger partial charge in [0.05, 0.1) is 0 Å². The zero-order valence-corrected chi connectivity index (χ0v) is 10.8. The van der Waals surface area contributed by atoms with Crippen molar-refractivity contribution in [3.8, 4) is 0 Å². The minimum atomic E-state index is 0.255. The van der Waals surface area contributed by atoms with Crippen molar-refractivity contribution in [3.63, 3.8) is 0 Å². The topological polar surface area (TPSA) is 17.1 Å². The Morgan fingerprint density at radius 3 is 2.12 bits per heavy atom. The van der Waals surface area contributed by atoms with Crippen LogP contribution in [0.25, 0.3) is 0 Å². The maximum Gasteiger partial charge on any atom is 0.163 e. The Labute approximate surface area is 98.9 Å². The summed E-state index contributed by atoms with van der Waals surface area (Å²) in [6, 6.07) is 8.10. The lowest BCUT2D eigenvalue weighted by atomic mass is 9.95. The Morgan fingerprint density at radius 2 is 1.69 bits per heavy atom. The van der Waals surface area contributed by atoms with Crippen molar-refractivity contribution in [1.29, 1.82) is 0 Å². The second kappa shape index (κ2) is 5.83. The molecule has 0 aliphatic heterocycles. The number of carbonyl (C=O) groups excluding carboxylic acids is 1. The van der Waals surface area contributed by atoms with E-state index in [4.69, 9.17) is 0 Å². The maximum atomic E-state index is 11.8. The van der Waals surface area contributed by atoms with Gasteiger partial charge in [-0.05, 0) is 23.8 Å². The quantitative estimate of drug-likeness (QED) is 0.668. The van der Waals surface area contributed by atoms with Crippen molar-refractivity contribution >= 4 is 5.78 Å². The molecule has 1 aromatic rings. The monoisotopic (exact) mass is 218 g/mol. The summed E-state index contributed by atoms with van der Waals surface area (Å²) in [5, 5.41) is 0. The van der Waals surface area contributed by atoms with Gasteiger partial charge >= 0.3 is 0 Å². The molecule has 0 spiro atoms. The Bertz CT molecular complexity index is 335. The number of carbonyl (C=O) groups is 1. The molecule has 0 aliphatic rings. The van der Waals surface area contributed by atoms with Gasteiger partial charge in [-0.25, -0.2) is 0 Å². The summed E-state index contributed by atoms with van der Waals surface area (Å²) in [6.07, 6.45) is 1.78. The van der Waals surface area contributed by atoms with E-state index in [2.05, 4.69) is 39.8 Å². The number of ketones is 1. The molecular weight excluding hydrogens is 196 g/mol. The number of hydrogen-bond donors (Lipinski definition) is 0. The molecule has 0 aliphatic carbocycles. The molecule has 0 heterocycles. The van der Waals surface area contributed by atoms with E-state index in [9.17, 15) is 4.79 Å². The van der Waals surface area contributed by atoms with Gasteiger partial charge in [-0.3, -0.25) is 4.79 Å². The van der Waals surface area contributed by atoms with Gasteiger partial charge in [0.1, 0.15) is 0 Å². The van der Waals surface area contributed by atoms with Crippen LogP contribution in [0, 0.1) is 5.92 Å². The number of benzene rings is 1. The van der Waals surface area contributed by atoms with Gasteiger partial charge < -0.3 is 0 Å². The fourth-order valence-corrected chi connectivity index (χ4v) is 1.72. The predicted octanol–water partition coefficient (Wildman–Crippen LogP) is 4.43. The van der Waals surface area contributed by atoms with Gasteiger partial charge in [-0.2, -0.15) is 0 Å². The highest BCUT2D eigenvalue weighted by molar-refractivity contribution is 5.96. The molecule has 0 saturated carbocycles. The lowest BCUT2D eigenvalue weighted by Crippen LogP contribution is -2.03. The molecule has 0 bridgehead atoms. The minimum absolute atomic E-state index is 0.255. The van der Waals surface area contributed by atoms with Crippen LogP contribution in [0.1, 0.15) is 62.4 Å². The highest BCUT2D eigenvalue weighted by Crippen LogP contribution is 2.19. The second-order valence-electron chi connectivity index (χ2n) is 4.95. The third kappa shape index (κ3) is 3.48. The average Bonchev–Trinajstić information content (AvgIpc) is 2.27. The van der Waals surface area contributed by atoms with Gasteiger partial charge in [0, 0.05) is 12.0 Å². The van der Waals surface area contributed by atoms with Crippen molar-refractivity contribution in [1.82, 2.24) is 0 Å². The fourth-order valence-electron chi connectivity index (χ4n) is 1.72. The zero-order valence-electron chi connectivity index (χ0n) is 10.8. The van der Waals surface area contributed by atoms with Crippen LogP contribution >= 0.6 is 0 Å². The smallest absolute Gasteiger partial charge is 0.163 e. The van der Waals surface area contributed by atoms with Crippen LogP contribution in [0.2, 0.25) is 0 Å².